The maximum Gasteiger partial charge on any atom is 0.260 e. The largest absolute Gasteiger partial charge is 0.483 e. The Labute approximate surface area is 189 Å². The lowest BCUT2D eigenvalue weighted by Crippen LogP contribution is -2.40. The van der Waals surface area contributed by atoms with Crippen molar-refractivity contribution >= 4 is 17.6 Å². The molecule has 1 aromatic heterocycles. The van der Waals surface area contributed by atoms with Gasteiger partial charge in [-0.25, -0.2) is 9.97 Å². The smallest absolute Gasteiger partial charge is 0.260 e. The zero-order valence-electron chi connectivity index (χ0n) is 19.3. The lowest BCUT2D eigenvalue weighted by molar-refractivity contribution is -0.134. The molecule has 2 aromatic rings. The van der Waals surface area contributed by atoms with Gasteiger partial charge in [0.15, 0.2) is 6.61 Å². The first-order chi connectivity index (χ1) is 15.4. The van der Waals surface area contributed by atoms with Crippen molar-refractivity contribution in [2.75, 3.05) is 38.6 Å². The number of rotatable bonds is 5. The lowest BCUT2D eigenvalue weighted by atomic mass is 10.0. The molecule has 8 heteroatoms. The van der Waals surface area contributed by atoms with Gasteiger partial charge in [-0.05, 0) is 31.4 Å². The van der Waals surface area contributed by atoms with E-state index in [1.807, 2.05) is 48.9 Å². The van der Waals surface area contributed by atoms with Crippen LogP contribution in [0.5, 0.6) is 5.75 Å². The Bertz CT molecular complexity index is 1000. The van der Waals surface area contributed by atoms with Gasteiger partial charge in [0.2, 0.25) is 5.91 Å². The van der Waals surface area contributed by atoms with E-state index >= 15 is 0 Å². The van der Waals surface area contributed by atoms with E-state index in [0.29, 0.717) is 26.1 Å². The van der Waals surface area contributed by atoms with Crippen LogP contribution < -0.4 is 10.1 Å². The number of benzene rings is 1. The van der Waals surface area contributed by atoms with Crippen LogP contribution >= 0.6 is 0 Å². The van der Waals surface area contributed by atoms with Crippen molar-refractivity contribution in [3.8, 4) is 5.75 Å². The molecular weight excluding hydrogens is 406 g/mol. The van der Waals surface area contributed by atoms with Crippen LogP contribution in [0.3, 0.4) is 0 Å². The molecule has 3 heterocycles. The molecule has 2 amide bonds. The fraction of sp³-hybridized carbons (Fsp3) is 0.500. The number of nitrogens with one attached hydrogen (secondary N) is 1. The number of aromatic nitrogens is 2. The number of anilines is 1. The minimum Gasteiger partial charge on any atom is -0.483 e. The molecule has 1 fully saturated rings. The number of ether oxygens (including phenoxy) is 1. The number of aryl methyl sites for hydroxylation is 2. The molecule has 1 aromatic carbocycles. The van der Waals surface area contributed by atoms with Crippen LogP contribution in [0, 0.1) is 13.8 Å². The van der Waals surface area contributed by atoms with E-state index in [-0.39, 0.29) is 24.3 Å². The van der Waals surface area contributed by atoms with E-state index in [0.717, 1.165) is 52.7 Å². The first kappa shape index (κ1) is 22.0. The third kappa shape index (κ3) is 4.40. The molecule has 2 aliphatic heterocycles. The van der Waals surface area contributed by atoms with Crippen molar-refractivity contribution in [3.05, 3.63) is 46.4 Å². The Morgan fingerprint density at radius 2 is 1.91 bits per heavy atom. The fourth-order valence-corrected chi connectivity index (χ4v) is 4.54. The Kier molecular flexibility index (Phi) is 6.30. The normalized spacial score (nSPS) is 17.8. The quantitative estimate of drug-likeness (QED) is 0.773. The summed E-state index contributed by atoms with van der Waals surface area (Å²) in [6, 6.07) is 5.95. The summed E-state index contributed by atoms with van der Waals surface area (Å²) in [4.78, 5) is 37.8. The topological polar surface area (TPSA) is 87.7 Å². The van der Waals surface area contributed by atoms with Gasteiger partial charge < -0.3 is 19.9 Å². The summed E-state index contributed by atoms with van der Waals surface area (Å²) in [5.74, 6) is 2.53. The van der Waals surface area contributed by atoms with Crippen molar-refractivity contribution < 1.29 is 14.3 Å². The number of fused-ring (bicyclic) bond motifs is 1. The number of para-hydroxylation sites is 1. The predicted molar refractivity (Wildman–Crippen MR) is 122 cm³/mol. The van der Waals surface area contributed by atoms with Crippen molar-refractivity contribution in [2.45, 2.75) is 46.1 Å². The van der Waals surface area contributed by atoms with Gasteiger partial charge in [-0.1, -0.05) is 18.2 Å². The molecule has 170 valence electrons. The van der Waals surface area contributed by atoms with Crippen LogP contribution in [0.15, 0.2) is 18.2 Å². The van der Waals surface area contributed by atoms with Gasteiger partial charge in [0.25, 0.3) is 5.91 Å². The number of carbonyl (C=O) groups excluding carboxylic acids is 2. The first-order valence-electron chi connectivity index (χ1n) is 11.2. The average molecular weight is 438 g/mol. The van der Waals surface area contributed by atoms with Gasteiger partial charge >= 0.3 is 0 Å². The molecule has 0 bridgehead atoms. The van der Waals surface area contributed by atoms with Gasteiger partial charge in [0, 0.05) is 51.5 Å². The highest BCUT2D eigenvalue weighted by Gasteiger charge is 2.31. The van der Waals surface area contributed by atoms with Gasteiger partial charge in [-0.2, -0.15) is 0 Å². The SMILES string of the molecule is CNc1nc(C2CCN(C(C)=O)C2)nc2c1CN(C(=O)COc1c(C)cccc1C)CC2. The minimum atomic E-state index is -0.0441. The number of likely N-dealkylation sites (tertiary alicyclic amines) is 1. The van der Waals surface area contributed by atoms with E-state index < -0.39 is 0 Å². The highest BCUT2D eigenvalue weighted by molar-refractivity contribution is 5.78. The minimum absolute atomic E-state index is 0.0117. The maximum absolute atomic E-state index is 12.9. The Balaban J connectivity index is 1.46. The van der Waals surface area contributed by atoms with Gasteiger partial charge in [-0.3, -0.25) is 9.59 Å². The number of hydrogen-bond donors (Lipinski definition) is 1. The molecule has 8 nitrogen and oxygen atoms in total. The van der Waals surface area contributed by atoms with Gasteiger partial charge in [-0.15, -0.1) is 0 Å². The molecule has 32 heavy (non-hydrogen) atoms. The highest BCUT2D eigenvalue weighted by Crippen LogP contribution is 2.30. The summed E-state index contributed by atoms with van der Waals surface area (Å²) in [6.45, 7) is 8.06. The molecule has 0 radical (unpaired) electrons. The summed E-state index contributed by atoms with van der Waals surface area (Å²) in [6.07, 6.45) is 1.56. The van der Waals surface area contributed by atoms with Crippen LogP contribution in [0.1, 0.15) is 47.5 Å². The number of carbonyl (C=O) groups is 2. The van der Waals surface area contributed by atoms with Crippen LogP contribution in [0.4, 0.5) is 5.82 Å². The van der Waals surface area contributed by atoms with E-state index in [1.165, 1.54) is 0 Å². The first-order valence-corrected chi connectivity index (χ1v) is 11.2. The summed E-state index contributed by atoms with van der Waals surface area (Å²) in [5.41, 5.74) is 4.00. The molecule has 2 aliphatic rings. The maximum atomic E-state index is 12.9. The predicted octanol–water partition coefficient (Wildman–Crippen LogP) is 2.43. The summed E-state index contributed by atoms with van der Waals surface area (Å²) in [5, 5.41) is 3.18. The summed E-state index contributed by atoms with van der Waals surface area (Å²) < 4.78 is 5.87. The van der Waals surface area contributed by atoms with Crippen LogP contribution in [-0.4, -0.2) is 64.9 Å². The third-order valence-electron chi connectivity index (χ3n) is 6.41. The molecular formula is C24H31N5O3. The number of hydrogen-bond acceptors (Lipinski definition) is 6. The third-order valence-corrected chi connectivity index (χ3v) is 6.41. The van der Waals surface area contributed by atoms with Crippen molar-refractivity contribution in [3.63, 3.8) is 0 Å². The second kappa shape index (κ2) is 9.14. The Morgan fingerprint density at radius 3 is 2.56 bits per heavy atom. The van der Waals surface area contributed by atoms with E-state index in [4.69, 9.17) is 14.7 Å². The zero-order chi connectivity index (χ0) is 22.8. The highest BCUT2D eigenvalue weighted by atomic mass is 16.5. The number of amides is 2. The summed E-state index contributed by atoms with van der Waals surface area (Å²) in [7, 11) is 1.84. The van der Waals surface area contributed by atoms with Crippen LogP contribution in [0.2, 0.25) is 0 Å². The molecule has 0 spiro atoms. The second-order valence-electron chi connectivity index (χ2n) is 8.63. The monoisotopic (exact) mass is 437 g/mol. The van der Waals surface area contributed by atoms with Gasteiger partial charge in [0.1, 0.15) is 17.4 Å². The molecule has 4 rings (SSSR count). The van der Waals surface area contributed by atoms with Crippen LogP contribution in [0.25, 0.3) is 0 Å². The van der Waals surface area contributed by atoms with E-state index in [9.17, 15) is 9.59 Å². The molecule has 1 saturated heterocycles. The molecule has 1 N–H and O–H groups in total. The molecule has 1 atom stereocenters. The second-order valence-corrected chi connectivity index (χ2v) is 8.63. The zero-order valence-corrected chi connectivity index (χ0v) is 19.3. The van der Waals surface area contributed by atoms with Crippen LogP contribution in [-0.2, 0) is 22.6 Å². The number of nitrogens with zero attached hydrogens (tertiary/aromatic N) is 4. The molecule has 1 unspecified atom stereocenters. The van der Waals surface area contributed by atoms with Gasteiger partial charge in [0.05, 0.1) is 12.2 Å². The molecule has 0 saturated carbocycles. The standard InChI is InChI=1S/C24H31N5O3/c1-15-6-5-7-16(2)22(15)32-14-21(31)29-11-9-20-19(13-29)24(25-4)27-23(26-20)18-8-10-28(12-18)17(3)30/h5-7,18H,8-14H2,1-4H3,(H,25,26,27). The van der Waals surface area contributed by atoms with Crippen molar-refractivity contribution in [1.29, 1.82) is 0 Å². The Hall–Kier alpha value is -3.16. The van der Waals surface area contributed by atoms with Crippen molar-refractivity contribution in [2.24, 2.45) is 0 Å². The summed E-state index contributed by atoms with van der Waals surface area (Å²) >= 11 is 0. The molecule has 0 aliphatic carbocycles. The van der Waals surface area contributed by atoms with E-state index in [1.54, 1.807) is 6.92 Å². The fourth-order valence-electron chi connectivity index (χ4n) is 4.54. The Morgan fingerprint density at radius 1 is 1.16 bits per heavy atom. The average Bonchev–Trinajstić information content (AvgIpc) is 3.28. The lowest BCUT2D eigenvalue weighted by Gasteiger charge is -2.30. The van der Waals surface area contributed by atoms with Crippen molar-refractivity contribution in [1.82, 2.24) is 19.8 Å². The van der Waals surface area contributed by atoms with E-state index in [2.05, 4.69) is 5.32 Å².